The first-order chi connectivity index (χ1) is 12.4. The van der Waals surface area contributed by atoms with E-state index >= 15 is 0 Å². The zero-order valence-electron chi connectivity index (χ0n) is 14.4. The molecule has 136 valence electrons. The molecule has 4 heterocycles. The van der Waals surface area contributed by atoms with Crippen molar-refractivity contribution in [1.82, 2.24) is 24.9 Å². The van der Waals surface area contributed by atoms with Crippen molar-refractivity contribution in [1.29, 1.82) is 0 Å². The summed E-state index contributed by atoms with van der Waals surface area (Å²) in [7, 11) is 3.63. The maximum atomic E-state index is 13.7. The Bertz CT molecular complexity index is 936. The zero-order valence-corrected chi connectivity index (χ0v) is 14.4. The van der Waals surface area contributed by atoms with Crippen LogP contribution in [0, 0.1) is 0 Å². The van der Waals surface area contributed by atoms with E-state index in [1.54, 1.807) is 21.7 Å². The van der Waals surface area contributed by atoms with E-state index in [-0.39, 0.29) is 18.9 Å². The third-order valence-corrected chi connectivity index (χ3v) is 4.41. The highest BCUT2D eigenvalue weighted by Gasteiger charge is 2.28. The van der Waals surface area contributed by atoms with E-state index in [9.17, 15) is 14.0 Å². The molecule has 2 amide bonds. The fraction of sp³-hybridized carbons (Fsp3) is 0.438. The molecule has 9 nitrogen and oxygen atoms in total. The summed E-state index contributed by atoms with van der Waals surface area (Å²) >= 11 is 0. The van der Waals surface area contributed by atoms with Crippen molar-refractivity contribution in [3.63, 3.8) is 0 Å². The van der Waals surface area contributed by atoms with Crippen LogP contribution in [-0.2, 0) is 9.59 Å². The number of aromatic nitrogens is 4. The maximum Gasteiger partial charge on any atom is 0.254 e. The second-order valence-corrected chi connectivity index (χ2v) is 6.61. The first-order valence-corrected chi connectivity index (χ1v) is 8.29. The monoisotopic (exact) mass is 359 g/mol. The van der Waals surface area contributed by atoms with Crippen molar-refractivity contribution in [3.05, 3.63) is 17.3 Å². The van der Waals surface area contributed by atoms with Gasteiger partial charge in [0.15, 0.2) is 5.65 Å². The first-order valence-electron chi connectivity index (χ1n) is 8.29. The largest absolute Gasteiger partial charge is 0.347 e. The SMILES string of the molecule is CN(C)c1nc(N2CCC(F)C2)n2ncc(C=C3CC(=O)NC3=O)c2n1. The minimum atomic E-state index is -0.895. The van der Waals surface area contributed by atoms with Crippen molar-refractivity contribution in [2.24, 2.45) is 0 Å². The molecule has 1 unspecified atom stereocenters. The van der Waals surface area contributed by atoms with E-state index in [1.807, 2.05) is 19.0 Å². The number of halogens is 1. The van der Waals surface area contributed by atoms with Gasteiger partial charge in [-0.2, -0.15) is 19.6 Å². The molecule has 2 fully saturated rings. The van der Waals surface area contributed by atoms with Gasteiger partial charge in [0.25, 0.3) is 5.91 Å². The average Bonchev–Trinajstić information content (AvgIpc) is 3.27. The Balaban J connectivity index is 1.84. The molecule has 2 aromatic rings. The number of fused-ring (bicyclic) bond motifs is 1. The van der Waals surface area contributed by atoms with E-state index in [0.29, 0.717) is 41.6 Å². The number of alkyl halides is 1. The molecular weight excluding hydrogens is 341 g/mol. The van der Waals surface area contributed by atoms with Crippen LogP contribution in [0.25, 0.3) is 11.7 Å². The molecular formula is C16H18FN7O2. The third kappa shape index (κ3) is 2.76. The molecule has 0 radical (unpaired) electrons. The zero-order chi connectivity index (χ0) is 18.4. The second kappa shape index (κ2) is 6.04. The molecule has 0 aromatic carbocycles. The number of carbonyl (C=O) groups excluding carboxylic acids is 2. The topological polar surface area (TPSA) is 95.7 Å². The van der Waals surface area contributed by atoms with Crippen molar-refractivity contribution >= 4 is 35.4 Å². The summed E-state index contributed by atoms with van der Waals surface area (Å²) in [5, 5.41) is 6.58. The molecule has 0 aliphatic carbocycles. The number of carbonyl (C=O) groups is 2. The van der Waals surface area contributed by atoms with Crippen LogP contribution in [0.15, 0.2) is 11.8 Å². The quantitative estimate of drug-likeness (QED) is 0.616. The van der Waals surface area contributed by atoms with Crippen molar-refractivity contribution in [2.75, 3.05) is 37.0 Å². The smallest absolute Gasteiger partial charge is 0.254 e. The Labute approximate surface area is 148 Å². The van der Waals surface area contributed by atoms with Gasteiger partial charge in [0.1, 0.15) is 6.17 Å². The van der Waals surface area contributed by atoms with Crippen LogP contribution in [0.3, 0.4) is 0 Å². The van der Waals surface area contributed by atoms with Gasteiger partial charge in [-0.3, -0.25) is 14.9 Å². The van der Waals surface area contributed by atoms with E-state index in [2.05, 4.69) is 20.4 Å². The minimum Gasteiger partial charge on any atom is -0.347 e. The highest BCUT2D eigenvalue weighted by molar-refractivity contribution is 6.15. The number of nitrogens with one attached hydrogen (secondary N) is 1. The molecule has 0 spiro atoms. The lowest BCUT2D eigenvalue weighted by molar-refractivity contribution is -0.124. The molecule has 10 heteroatoms. The third-order valence-electron chi connectivity index (χ3n) is 4.41. The Kier molecular flexibility index (Phi) is 3.82. The van der Waals surface area contributed by atoms with Crippen LogP contribution >= 0.6 is 0 Å². The fourth-order valence-electron chi connectivity index (χ4n) is 3.08. The van der Waals surface area contributed by atoms with Gasteiger partial charge in [-0.05, 0) is 12.5 Å². The fourth-order valence-corrected chi connectivity index (χ4v) is 3.08. The second-order valence-electron chi connectivity index (χ2n) is 6.61. The van der Waals surface area contributed by atoms with E-state index in [0.717, 1.165) is 0 Å². The maximum absolute atomic E-state index is 13.7. The summed E-state index contributed by atoms with van der Waals surface area (Å²) in [6.45, 7) is 0.805. The number of nitrogens with zero attached hydrogens (tertiary/aromatic N) is 6. The van der Waals surface area contributed by atoms with Crippen LogP contribution in [0.5, 0.6) is 0 Å². The summed E-state index contributed by atoms with van der Waals surface area (Å²) < 4.78 is 15.2. The van der Waals surface area contributed by atoms with Crippen LogP contribution < -0.4 is 15.1 Å². The lowest BCUT2D eigenvalue weighted by Crippen LogP contribution is -2.26. The van der Waals surface area contributed by atoms with Crippen molar-refractivity contribution < 1.29 is 14.0 Å². The van der Waals surface area contributed by atoms with Gasteiger partial charge in [-0.25, -0.2) is 4.39 Å². The Morgan fingerprint density at radius 3 is 2.77 bits per heavy atom. The number of amides is 2. The van der Waals surface area contributed by atoms with Gasteiger partial charge in [-0.15, -0.1) is 0 Å². The van der Waals surface area contributed by atoms with Gasteiger partial charge in [0.05, 0.1) is 19.2 Å². The Hall–Kier alpha value is -3.04. The molecule has 2 aliphatic rings. The first kappa shape index (κ1) is 16.4. The molecule has 4 rings (SSSR count). The highest BCUT2D eigenvalue weighted by Crippen LogP contribution is 2.25. The van der Waals surface area contributed by atoms with E-state index in [1.165, 1.54) is 0 Å². The molecule has 2 aliphatic heterocycles. The summed E-state index contributed by atoms with van der Waals surface area (Å²) in [6, 6.07) is 0. The van der Waals surface area contributed by atoms with Gasteiger partial charge < -0.3 is 9.80 Å². The predicted octanol–water partition coefficient (Wildman–Crippen LogP) is 0.168. The number of imide groups is 1. The van der Waals surface area contributed by atoms with Crippen molar-refractivity contribution in [2.45, 2.75) is 19.0 Å². The summed E-state index contributed by atoms with van der Waals surface area (Å²) in [5.74, 6) is 0.238. The predicted molar refractivity (Wildman–Crippen MR) is 92.6 cm³/mol. The highest BCUT2D eigenvalue weighted by atomic mass is 19.1. The number of rotatable bonds is 3. The van der Waals surface area contributed by atoms with Crippen LogP contribution in [0.1, 0.15) is 18.4 Å². The molecule has 1 atom stereocenters. The summed E-state index contributed by atoms with van der Waals surface area (Å²) in [5.41, 5.74) is 1.47. The minimum absolute atomic E-state index is 0.0321. The molecule has 26 heavy (non-hydrogen) atoms. The van der Waals surface area contributed by atoms with Gasteiger partial charge in [0.2, 0.25) is 17.8 Å². The molecule has 0 saturated carbocycles. The normalized spacial score (nSPS) is 21.9. The molecule has 1 N–H and O–H groups in total. The summed E-state index contributed by atoms with van der Waals surface area (Å²) in [6.07, 6.45) is 2.76. The van der Waals surface area contributed by atoms with E-state index < -0.39 is 12.1 Å². The average molecular weight is 359 g/mol. The number of hydrogen-bond donors (Lipinski definition) is 1. The van der Waals surface area contributed by atoms with Crippen LogP contribution in [-0.4, -0.2) is 64.8 Å². The molecule has 2 saturated heterocycles. The van der Waals surface area contributed by atoms with Crippen LogP contribution in [0.4, 0.5) is 16.3 Å². The number of anilines is 2. The molecule has 2 aromatic heterocycles. The van der Waals surface area contributed by atoms with Crippen LogP contribution in [0.2, 0.25) is 0 Å². The van der Waals surface area contributed by atoms with E-state index in [4.69, 9.17) is 0 Å². The Morgan fingerprint density at radius 1 is 1.35 bits per heavy atom. The lowest BCUT2D eigenvalue weighted by atomic mass is 10.1. The number of hydrogen-bond acceptors (Lipinski definition) is 7. The van der Waals surface area contributed by atoms with Crippen molar-refractivity contribution in [3.8, 4) is 0 Å². The lowest BCUT2D eigenvalue weighted by Gasteiger charge is -2.19. The standard InChI is InChI=1S/C16H18FN7O2/c1-22(2)15-20-13-10(5-9-6-12(25)19-14(9)26)7-18-24(13)16(21-15)23-4-3-11(17)8-23/h5,7,11H,3-4,6,8H2,1-2H3,(H,19,25,26). The summed E-state index contributed by atoms with van der Waals surface area (Å²) in [4.78, 5) is 35.8. The Morgan fingerprint density at radius 2 is 2.15 bits per heavy atom. The van der Waals surface area contributed by atoms with Gasteiger partial charge in [0, 0.05) is 31.8 Å². The van der Waals surface area contributed by atoms with Gasteiger partial charge in [-0.1, -0.05) is 0 Å². The van der Waals surface area contributed by atoms with Gasteiger partial charge >= 0.3 is 0 Å². The molecule has 0 bridgehead atoms.